The van der Waals surface area contributed by atoms with E-state index in [1.165, 1.54) is 0 Å². The molecule has 3 heterocycles. The molecule has 0 aliphatic carbocycles. The summed E-state index contributed by atoms with van der Waals surface area (Å²) in [6.45, 7) is 6.20. The molecule has 0 radical (unpaired) electrons. The van der Waals surface area contributed by atoms with Gasteiger partial charge in [-0.1, -0.05) is 0 Å². The van der Waals surface area contributed by atoms with Crippen molar-refractivity contribution in [3.63, 3.8) is 0 Å². The number of ether oxygens (including phenoxy) is 1. The van der Waals surface area contributed by atoms with Gasteiger partial charge in [0.1, 0.15) is 12.1 Å². The van der Waals surface area contributed by atoms with Crippen LogP contribution >= 0.6 is 0 Å². The van der Waals surface area contributed by atoms with E-state index in [1.54, 1.807) is 6.33 Å². The molecule has 1 aromatic heterocycles. The Morgan fingerprint density at radius 2 is 2.00 bits per heavy atom. The van der Waals surface area contributed by atoms with Gasteiger partial charge >= 0.3 is 0 Å². The second-order valence-electron chi connectivity index (χ2n) is 6.97. The number of rotatable bonds is 4. The van der Waals surface area contributed by atoms with Gasteiger partial charge in [0.25, 0.3) is 0 Å². The molecule has 6 nitrogen and oxygen atoms in total. The number of aromatic nitrogens is 2. The third-order valence-electron chi connectivity index (χ3n) is 5.20. The summed E-state index contributed by atoms with van der Waals surface area (Å²) in [6, 6.07) is 2.54. The van der Waals surface area contributed by atoms with E-state index in [9.17, 15) is 5.11 Å². The van der Waals surface area contributed by atoms with Gasteiger partial charge < -0.3 is 19.6 Å². The maximum atomic E-state index is 10.7. The van der Waals surface area contributed by atoms with Crippen molar-refractivity contribution in [1.82, 2.24) is 14.9 Å². The summed E-state index contributed by atoms with van der Waals surface area (Å²) in [5.41, 5.74) is 0.446. The molecule has 3 rings (SSSR count). The van der Waals surface area contributed by atoms with Crippen LogP contribution in [0.5, 0.6) is 0 Å². The van der Waals surface area contributed by atoms with Crippen molar-refractivity contribution in [3.8, 4) is 0 Å². The lowest BCUT2D eigenvalue weighted by Gasteiger charge is -2.41. The van der Waals surface area contributed by atoms with E-state index in [0.717, 1.165) is 56.8 Å². The molecular weight excluding hydrogens is 292 g/mol. The summed E-state index contributed by atoms with van der Waals surface area (Å²) in [4.78, 5) is 13.2. The number of aryl methyl sites for hydroxylation is 1. The molecule has 2 saturated heterocycles. The van der Waals surface area contributed by atoms with Crippen molar-refractivity contribution >= 4 is 5.82 Å². The normalized spacial score (nSPS) is 22.9. The zero-order chi connectivity index (χ0) is 16.3. The van der Waals surface area contributed by atoms with Gasteiger partial charge in [-0.2, -0.15) is 0 Å². The van der Waals surface area contributed by atoms with Gasteiger partial charge in [-0.05, 0) is 19.8 Å². The highest BCUT2D eigenvalue weighted by Gasteiger charge is 2.33. The molecule has 0 amide bonds. The number of anilines is 1. The second-order valence-corrected chi connectivity index (χ2v) is 6.97. The molecule has 0 saturated carbocycles. The molecule has 0 spiro atoms. The standard InChI is InChI=1S/C17H28N4O2/c1-14-11-16(19-13-18-14)20(2)15-3-7-21(8-4-15)12-17(22)5-9-23-10-6-17/h11,13,15,22H,3-10,12H2,1-2H3. The minimum Gasteiger partial charge on any atom is -0.388 e. The number of piperidine rings is 1. The van der Waals surface area contributed by atoms with Gasteiger partial charge in [-0.15, -0.1) is 0 Å². The van der Waals surface area contributed by atoms with Crippen LogP contribution in [0.3, 0.4) is 0 Å². The molecule has 2 fully saturated rings. The molecule has 0 aromatic carbocycles. The SMILES string of the molecule is Cc1cc(N(C)C2CCN(CC3(O)CCOCC3)CC2)ncn1. The van der Waals surface area contributed by atoms with Crippen LogP contribution in [0, 0.1) is 6.92 Å². The van der Waals surface area contributed by atoms with Gasteiger partial charge in [-0.3, -0.25) is 0 Å². The van der Waals surface area contributed by atoms with Gasteiger partial charge in [0.15, 0.2) is 0 Å². The fraction of sp³-hybridized carbons (Fsp3) is 0.765. The first-order chi connectivity index (χ1) is 11.1. The predicted octanol–water partition coefficient (Wildman–Crippen LogP) is 1.23. The van der Waals surface area contributed by atoms with Crippen LogP contribution < -0.4 is 4.90 Å². The van der Waals surface area contributed by atoms with E-state index in [4.69, 9.17) is 4.74 Å². The van der Waals surface area contributed by atoms with E-state index < -0.39 is 5.60 Å². The Bertz CT molecular complexity index is 511. The maximum Gasteiger partial charge on any atom is 0.132 e. The molecule has 23 heavy (non-hydrogen) atoms. The van der Waals surface area contributed by atoms with Crippen LogP contribution in [-0.2, 0) is 4.74 Å². The molecule has 1 aromatic rings. The molecule has 6 heteroatoms. The smallest absolute Gasteiger partial charge is 0.132 e. The van der Waals surface area contributed by atoms with Gasteiger partial charge in [0.05, 0.1) is 5.60 Å². The Morgan fingerprint density at radius 1 is 1.30 bits per heavy atom. The minimum atomic E-state index is -0.555. The Labute approximate surface area is 138 Å². The number of hydrogen-bond donors (Lipinski definition) is 1. The summed E-state index contributed by atoms with van der Waals surface area (Å²) in [5.74, 6) is 0.999. The molecule has 0 bridgehead atoms. The van der Waals surface area contributed by atoms with Crippen molar-refractivity contribution in [2.75, 3.05) is 44.8 Å². The van der Waals surface area contributed by atoms with Crippen LogP contribution in [0.4, 0.5) is 5.82 Å². The zero-order valence-corrected chi connectivity index (χ0v) is 14.2. The number of hydrogen-bond acceptors (Lipinski definition) is 6. The Kier molecular flexibility index (Phi) is 5.14. The summed E-state index contributed by atoms with van der Waals surface area (Å²) < 4.78 is 5.36. The van der Waals surface area contributed by atoms with Crippen LogP contribution in [0.1, 0.15) is 31.4 Å². The average Bonchev–Trinajstić information content (AvgIpc) is 2.55. The van der Waals surface area contributed by atoms with Crippen LogP contribution in [0.25, 0.3) is 0 Å². The molecule has 128 valence electrons. The van der Waals surface area contributed by atoms with Gasteiger partial charge in [0, 0.05) is 70.5 Å². The molecule has 1 N–H and O–H groups in total. The molecule has 2 aliphatic heterocycles. The summed E-state index contributed by atoms with van der Waals surface area (Å²) in [5, 5.41) is 10.7. The summed E-state index contributed by atoms with van der Waals surface area (Å²) in [6.07, 6.45) is 5.36. The first-order valence-electron chi connectivity index (χ1n) is 8.60. The number of likely N-dealkylation sites (tertiary alicyclic amines) is 1. The predicted molar refractivity (Wildman–Crippen MR) is 89.6 cm³/mol. The Morgan fingerprint density at radius 3 is 2.65 bits per heavy atom. The largest absolute Gasteiger partial charge is 0.388 e. The van der Waals surface area contributed by atoms with Crippen molar-refractivity contribution in [3.05, 3.63) is 18.1 Å². The highest BCUT2D eigenvalue weighted by Crippen LogP contribution is 2.25. The topological polar surface area (TPSA) is 61.7 Å². The van der Waals surface area contributed by atoms with Crippen molar-refractivity contribution in [2.24, 2.45) is 0 Å². The lowest BCUT2D eigenvalue weighted by molar-refractivity contribution is -0.0820. The van der Waals surface area contributed by atoms with E-state index in [1.807, 2.05) is 13.0 Å². The lowest BCUT2D eigenvalue weighted by atomic mass is 9.92. The van der Waals surface area contributed by atoms with Gasteiger partial charge in [0.2, 0.25) is 0 Å². The Balaban J connectivity index is 1.52. The highest BCUT2D eigenvalue weighted by molar-refractivity contribution is 5.39. The quantitative estimate of drug-likeness (QED) is 0.900. The monoisotopic (exact) mass is 320 g/mol. The fourth-order valence-corrected chi connectivity index (χ4v) is 3.61. The number of β-amino-alcohol motifs (C(OH)–C–C–N with tert-alkyl or cyclic N) is 1. The third kappa shape index (κ3) is 4.19. The average molecular weight is 320 g/mol. The van der Waals surface area contributed by atoms with E-state index >= 15 is 0 Å². The van der Waals surface area contributed by atoms with E-state index in [2.05, 4.69) is 26.8 Å². The molecular formula is C17H28N4O2. The van der Waals surface area contributed by atoms with Gasteiger partial charge in [-0.25, -0.2) is 9.97 Å². The van der Waals surface area contributed by atoms with Crippen molar-refractivity contribution in [1.29, 1.82) is 0 Å². The highest BCUT2D eigenvalue weighted by atomic mass is 16.5. The Hall–Kier alpha value is -1.24. The van der Waals surface area contributed by atoms with E-state index in [-0.39, 0.29) is 0 Å². The molecule has 0 unspecified atom stereocenters. The summed E-state index contributed by atoms with van der Waals surface area (Å²) >= 11 is 0. The van der Waals surface area contributed by atoms with E-state index in [0.29, 0.717) is 19.3 Å². The van der Waals surface area contributed by atoms with Crippen molar-refractivity contribution < 1.29 is 9.84 Å². The number of nitrogens with zero attached hydrogens (tertiary/aromatic N) is 4. The first-order valence-corrected chi connectivity index (χ1v) is 8.60. The first kappa shape index (κ1) is 16.6. The third-order valence-corrected chi connectivity index (χ3v) is 5.20. The molecule has 0 atom stereocenters. The van der Waals surface area contributed by atoms with Crippen molar-refractivity contribution in [2.45, 2.75) is 44.2 Å². The maximum absolute atomic E-state index is 10.7. The lowest BCUT2D eigenvalue weighted by Crippen LogP contribution is -2.51. The summed E-state index contributed by atoms with van der Waals surface area (Å²) in [7, 11) is 2.12. The van der Waals surface area contributed by atoms with Crippen LogP contribution in [0.2, 0.25) is 0 Å². The van der Waals surface area contributed by atoms with Crippen LogP contribution in [0.15, 0.2) is 12.4 Å². The zero-order valence-electron chi connectivity index (χ0n) is 14.2. The second kappa shape index (κ2) is 7.11. The minimum absolute atomic E-state index is 0.505. The molecule has 2 aliphatic rings. The fourth-order valence-electron chi connectivity index (χ4n) is 3.61. The van der Waals surface area contributed by atoms with Crippen LogP contribution in [-0.4, -0.2) is 71.5 Å². The number of aliphatic hydroxyl groups is 1.